The Morgan fingerprint density at radius 3 is 2.23 bits per heavy atom. The highest BCUT2D eigenvalue weighted by Crippen LogP contribution is 2.25. The summed E-state index contributed by atoms with van der Waals surface area (Å²) in [6.07, 6.45) is -1.13. The molecular weight excluding hydrogens is 451 g/mol. The number of carbonyl (C=O) groups excluding carboxylic acids is 3. The van der Waals surface area contributed by atoms with Crippen LogP contribution in [0.5, 0.6) is 0 Å². The fraction of sp³-hybridized carbons (Fsp3) is 0.286. The second kappa shape index (κ2) is 10.7. The summed E-state index contributed by atoms with van der Waals surface area (Å²) in [5, 5.41) is 6.12. The van der Waals surface area contributed by atoms with E-state index in [0.717, 1.165) is 0 Å². The number of nitrogens with one attached hydrogen (secondary N) is 2. The summed E-state index contributed by atoms with van der Waals surface area (Å²) in [4.78, 5) is 37.5. The van der Waals surface area contributed by atoms with E-state index in [1.54, 1.807) is 44.2 Å². The zero-order chi connectivity index (χ0) is 22.4. The Morgan fingerprint density at radius 2 is 1.60 bits per heavy atom. The molecule has 30 heavy (non-hydrogen) atoms. The average molecular weight is 472 g/mol. The molecule has 2 N–H and O–H groups in total. The molecule has 2 atom stereocenters. The van der Waals surface area contributed by atoms with Gasteiger partial charge in [0.25, 0.3) is 11.8 Å². The lowest BCUT2D eigenvalue weighted by molar-refractivity contribution is -0.156. The zero-order valence-electron chi connectivity index (χ0n) is 16.5. The van der Waals surface area contributed by atoms with Crippen molar-refractivity contribution in [2.75, 3.05) is 5.32 Å². The fourth-order valence-electron chi connectivity index (χ4n) is 2.49. The van der Waals surface area contributed by atoms with E-state index in [-0.39, 0.29) is 16.5 Å². The minimum absolute atomic E-state index is 0.235. The monoisotopic (exact) mass is 470 g/mol. The second-order valence-corrected chi connectivity index (χ2v) is 8.12. The summed E-state index contributed by atoms with van der Waals surface area (Å²) in [7, 11) is 0. The van der Waals surface area contributed by atoms with Gasteiger partial charge in [-0.1, -0.05) is 60.8 Å². The van der Waals surface area contributed by atoms with Crippen LogP contribution < -0.4 is 10.6 Å². The number of ether oxygens (including phenoxy) is 1. The predicted octanol–water partition coefficient (Wildman–Crippen LogP) is 4.97. The molecule has 0 heterocycles. The third kappa shape index (κ3) is 6.36. The van der Waals surface area contributed by atoms with Crippen LogP contribution in [0.25, 0.3) is 0 Å². The van der Waals surface area contributed by atoms with E-state index >= 15 is 0 Å². The van der Waals surface area contributed by atoms with Gasteiger partial charge in [0.15, 0.2) is 6.10 Å². The van der Waals surface area contributed by atoms with E-state index in [9.17, 15) is 14.4 Å². The van der Waals surface area contributed by atoms with Crippen LogP contribution >= 0.6 is 34.8 Å². The van der Waals surface area contributed by atoms with Crippen molar-refractivity contribution in [1.82, 2.24) is 5.32 Å². The molecule has 6 nitrogen and oxygen atoms in total. The number of hydrogen-bond acceptors (Lipinski definition) is 4. The summed E-state index contributed by atoms with van der Waals surface area (Å²) in [5.74, 6) is -2.14. The maximum absolute atomic E-state index is 12.6. The minimum atomic E-state index is -1.13. The van der Waals surface area contributed by atoms with Gasteiger partial charge >= 0.3 is 5.97 Å². The zero-order valence-corrected chi connectivity index (χ0v) is 18.8. The molecule has 0 radical (unpaired) electrons. The Balaban J connectivity index is 2.05. The van der Waals surface area contributed by atoms with Gasteiger partial charge in [-0.15, -0.1) is 0 Å². The number of anilines is 1. The first-order valence-electron chi connectivity index (χ1n) is 9.12. The average Bonchev–Trinajstić information content (AvgIpc) is 2.68. The largest absolute Gasteiger partial charge is 0.451 e. The molecule has 0 aromatic heterocycles. The van der Waals surface area contributed by atoms with E-state index in [2.05, 4.69) is 10.6 Å². The third-order valence-corrected chi connectivity index (χ3v) is 5.07. The molecule has 2 amide bonds. The Kier molecular flexibility index (Phi) is 8.53. The van der Waals surface area contributed by atoms with Crippen LogP contribution in [0.4, 0.5) is 5.69 Å². The summed E-state index contributed by atoms with van der Waals surface area (Å²) >= 11 is 18.0. The molecule has 160 valence electrons. The third-order valence-electron chi connectivity index (χ3n) is 4.17. The van der Waals surface area contributed by atoms with Gasteiger partial charge in [0.1, 0.15) is 6.04 Å². The number of benzene rings is 2. The molecule has 9 heteroatoms. The molecule has 0 aliphatic heterocycles. The first kappa shape index (κ1) is 24.0. The smallest absolute Gasteiger partial charge is 0.329 e. The van der Waals surface area contributed by atoms with Crippen molar-refractivity contribution in [2.45, 2.75) is 32.9 Å². The summed E-state index contributed by atoms with van der Waals surface area (Å²) in [6, 6.07) is 10.1. The SMILES string of the molecule is CC(C)[C@@H](NC(=O)c1ccccc1Cl)C(=O)O[C@H](C)C(=O)Nc1cc(Cl)ccc1Cl. The quantitative estimate of drug-likeness (QED) is 0.558. The van der Waals surface area contributed by atoms with Gasteiger partial charge in [-0.3, -0.25) is 9.59 Å². The van der Waals surface area contributed by atoms with Gasteiger partial charge in [-0.05, 0) is 43.2 Å². The number of carbonyl (C=O) groups is 3. The molecule has 2 rings (SSSR count). The molecule has 2 aromatic carbocycles. The van der Waals surface area contributed by atoms with Gasteiger partial charge in [-0.2, -0.15) is 0 Å². The van der Waals surface area contributed by atoms with Gasteiger partial charge in [0, 0.05) is 5.02 Å². The first-order chi connectivity index (χ1) is 14.1. The number of rotatable bonds is 7. The molecular formula is C21H21Cl3N2O4. The highest BCUT2D eigenvalue weighted by molar-refractivity contribution is 6.35. The highest BCUT2D eigenvalue weighted by atomic mass is 35.5. The van der Waals surface area contributed by atoms with Gasteiger partial charge in [-0.25, -0.2) is 4.79 Å². The normalized spacial score (nSPS) is 12.8. The van der Waals surface area contributed by atoms with E-state index in [4.69, 9.17) is 39.5 Å². The fourth-order valence-corrected chi connectivity index (χ4v) is 3.05. The number of halogens is 3. The topological polar surface area (TPSA) is 84.5 Å². The Hall–Kier alpha value is -2.28. The van der Waals surface area contributed by atoms with Crippen molar-refractivity contribution in [1.29, 1.82) is 0 Å². The van der Waals surface area contributed by atoms with Crippen LogP contribution in [0, 0.1) is 5.92 Å². The van der Waals surface area contributed by atoms with Crippen LogP contribution in [0.1, 0.15) is 31.1 Å². The molecule has 2 aromatic rings. The van der Waals surface area contributed by atoms with E-state index in [0.29, 0.717) is 15.7 Å². The Labute approximate surface area is 189 Å². The van der Waals surface area contributed by atoms with Crippen molar-refractivity contribution < 1.29 is 19.1 Å². The van der Waals surface area contributed by atoms with Crippen molar-refractivity contribution in [3.63, 3.8) is 0 Å². The molecule has 0 spiro atoms. The van der Waals surface area contributed by atoms with E-state index in [1.165, 1.54) is 19.1 Å². The lowest BCUT2D eigenvalue weighted by Crippen LogP contribution is -2.47. The summed E-state index contributed by atoms with van der Waals surface area (Å²) < 4.78 is 5.27. The van der Waals surface area contributed by atoms with Crippen LogP contribution in [0.2, 0.25) is 15.1 Å². The lowest BCUT2D eigenvalue weighted by Gasteiger charge is -2.23. The van der Waals surface area contributed by atoms with Crippen molar-refractivity contribution in [3.8, 4) is 0 Å². The van der Waals surface area contributed by atoms with Gasteiger partial charge in [0.2, 0.25) is 0 Å². The van der Waals surface area contributed by atoms with Crippen LogP contribution in [0.15, 0.2) is 42.5 Å². The lowest BCUT2D eigenvalue weighted by atomic mass is 10.0. The van der Waals surface area contributed by atoms with Gasteiger partial charge < -0.3 is 15.4 Å². The van der Waals surface area contributed by atoms with E-state index in [1.807, 2.05) is 0 Å². The Bertz CT molecular complexity index is 950. The van der Waals surface area contributed by atoms with E-state index < -0.39 is 29.9 Å². The molecule has 0 aliphatic carbocycles. The van der Waals surface area contributed by atoms with Gasteiger partial charge in [0.05, 0.1) is 21.3 Å². The maximum atomic E-state index is 12.6. The molecule has 0 bridgehead atoms. The number of hydrogen-bond donors (Lipinski definition) is 2. The predicted molar refractivity (Wildman–Crippen MR) is 118 cm³/mol. The van der Waals surface area contributed by atoms with Crippen molar-refractivity contribution >= 4 is 58.3 Å². The maximum Gasteiger partial charge on any atom is 0.329 e. The Morgan fingerprint density at radius 1 is 0.933 bits per heavy atom. The first-order valence-corrected chi connectivity index (χ1v) is 10.2. The molecule has 0 fully saturated rings. The highest BCUT2D eigenvalue weighted by Gasteiger charge is 2.30. The summed E-state index contributed by atoms with van der Waals surface area (Å²) in [6.45, 7) is 4.91. The second-order valence-electron chi connectivity index (χ2n) is 6.87. The van der Waals surface area contributed by atoms with Crippen molar-refractivity contribution in [2.24, 2.45) is 5.92 Å². The van der Waals surface area contributed by atoms with Crippen LogP contribution in [-0.2, 0) is 14.3 Å². The number of esters is 1. The summed E-state index contributed by atoms with van der Waals surface area (Å²) in [5.41, 5.74) is 0.531. The molecule has 0 unspecified atom stereocenters. The molecule has 0 saturated carbocycles. The van der Waals surface area contributed by atoms with Crippen LogP contribution in [0.3, 0.4) is 0 Å². The van der Waals surface area contributed by atoms with Crippen molar-refractivity contribution in [3.05, 3.63) is 63.1 Å². The van der Waals surface area contributed by atoms with Crippen LogP contribution in [-0.4, -0.2) is 29.9 Å². The molecule has 0 aliphatic rings. The standard InChI is InChI=1S/C21H21Cl3N2O4/c1-11(2)18(26-20(28)14-6-4-5-7-15(14)23)21(29)30-12(3)19(27)25-17-10-13(22)8-9-16(17)24/h4-12,18H,1-3H3,(H,25,27)(H,26,28)/t12-,18-/m1/s1. The molecule has 0 saturated heterocycles. The minimum Gasteiger partial charge on any atom is -0.451 e. The number of amides is 2.